The third kappa shape index (κ3) is 3.37. The maximum atomic E-state index is 13.7. The summed E-state index contributed by atoms with van der Waals surface area (Å²) in [6, 6.07) is 1.43. The highest BCUT2D eigenvalue weighted by molar-refractivity contribution is 5.94. The van der Waals surface area contributed by atoms with Crippen LogP contribution in [0.5, 0.6) is 0 Å². The summed E-state index contributed by atoms with van der Waals surface area (Å²) in [5.41, 5.74) is -0.686. The first-order valence-corrected chi connectivity index (χ1v) is 7.03. The van der Waals surface area contributed by atoms with Gasteiger partial charge in [-0.05, 0) is 32.7 Å². The molecule has 0 atom stereocenters. The summed E-state index contributed by atoms with van der Waals surface area (Å²) in [5, 5.41) is 3.18. The van der Waals surface area contributed by atoms with Crippen molar-refractivity contribution in [3.05, 3.63) is 35.1 Å². The summed E-state index contributed by atoms with van der Waals surface area (Å²) < 4.78 is 40.2. The molecule has 0 bridgehead atoms. The zero-order valence-electron chi connectivity index (χ0n) is 12.1. The molecule has 1 saturated carbocycles. The SMILES string of the molecule is CNC1CCC(N(C)C(=O)c2c(F)cc(F)cc2F)CC1. The normalized spacial score (nSPS) is 22.1. The Morgan fingerprint density at radius 1 is 1.14 bits per heavy atom. The Hall–Kier alpha value is -1.56. The highest BCUT2D eigenvalue weighted by atomic mass is 19.1. The zero-order chi connectivity index (χ0) is 15.6. The van der Waals surface area contributed by atoms with Gasteiger partial charge in [-0.15, -0.1) is 0 Å². The summed E-state index contributed by atoms with van der Waals surface area (Å²) in [4.78, 5) is 13.6. The molecule has 0 unspecified atom stereocenters. The van der Waals surface area contributed by atoms with E-state index in [4.69, 9.17) is 0 Å². The predicted octanol–water partition coefficient (Wildman–Crippen LogP) is 2.71. The van der Waals surface area contributed by atoms with Crippen LogP contribution in [-0.2, 0) is 0 Å². The Balaban J connectivity index is 2.13. The fourth-order valence-corrected chi connectivity index (χ4v) is 2.84. The van der Waals surface area contributed by atoms with Crippen LogP contribution in [0.1, 0.15) is 36.0 Å². The molecule has 1 aliphatic rings. The Bertz CT molecular complexity index is 505. The molecule has 1 aromatic carbocycles. The average Bonchev–Trinajstić information content (AvgIpc) is 2.45. The number of benzene rings is 1. The summed E-state index contributed by atoms with van der Waals surface area (Å²) >= 11 is 0. The van der Waals surface area contributed by atoms with E-state index in [0.717, 1.165) is 25.7 Å². The number of nitrogens with zero attached hydrogens (tertiary/aromatic N) is 1. The van der Waals surface area contributed by atoms with Crippen molar-refractivity contribution in [1.29, 1.82) is 0 Å². The smallest absolute Gasteiger partial charge is 0.259 e. The van der Waals surface area contributed by atoms with Gasteiger partial charge >= 0.3 is 0 Å². The van der Waals surface area contributed by atoms with Gasteiger partial charge in [0.05, 0.1) is 0 Å². The third-order valence-corrected chi connectivity index (χ3v) is 4.19. The largest absolute Gasteiger partial charge is 0.339 e. The molecule has 116 valence electrons. The van der Waals surface area contributed by atoms with Crippen LogP contribution in [-0.4, -0.2) is 37.0 Å². The van der Waals surface area contributed by atoms with Crippen molar-refractivity contribution in [2.75, 3.05) is 14.1 Å². The van der Waals surface area contributed by atoms with Crippen molar-refractivity contribution in [2.24, 2.45) is 0 Å². The maximum absolute atomic E-state index is 13.7. The van der Waals surface area contributed by atoms with Crippen molar-refractivity contribution >= 4 is 5.91 Å². The van der Waals surface area contributed by atoms with E-state index in [1.807, 2.05) is 7.05 Å². The number of carbonyl (C=O) groups is 1. The highest BCUT2D eigenvalue weighted by Crippen LogP contribution is 2.25. The fourth-order valence-electron chi connectivity index (χ4n) is 2.84. The summed E-state index contributed by atoms with van der Waals surface area (Å²) in [6.45, 7) is 0. The second kappa shape index (κ2) is 6.47. The molecule has 1 aliphatic carbocycles. The number of nitrogens with one attached hydrogen (secondary N) is 1. The highest BCUT2D eigenvalue weighted by Gasteiger charge is 2.29. The molecule has 0 spiro atoms. The van der Waals surface area contributed by atoms with Gasteiger partial charge < -0.3 is 10.2 Å². The third-order valence-electron chi connectivity index (χ3n) is 4.19. The van der Waals surface area contributed by atoms with E-state index in [0.29, 0.717) is 18.2 Å². The molecule has 3 nitrogen and oxygen atoms in total. The number of halogens is 3. The number of amides is 1. The number of carbonyl (C=O) groups excluding carboxylic acids is 1. The zero-order valence-corrected chi connectivity index (χ0v) is 12.1. The van der Waals surface area contributed by atoms with Crippen LogP contribution in [0.4, 0.5) is 13.2 Å². The first kappa shape index (κ1) is 15.8. The topological polar surface area (TPSA) is 32.3 Å². The van der Waals surface area contributed by atoms with Gasteiger partial charge in [0, 0.05) is 31.3 Å². The molecule has 0 aromatic heterocycles. The lowest BCUT2D eigenvalue weighted by Crippen LogP contribution is -2.43. The van der Waals surface area contributed by atoms with Gasteiger partial charge in [-0.25, -0.2) is 13.2 Å². The van der Waals surface area contributed by atoms with E-state index in [-0.39, 0.29) is 6.04 Å². The van der Waals surface area contributed by atoms with Crippen LogP contribution >= 0.6 is 0 Å². The van der Waals surface area contributed by atoms with Gasteiger partial charge in [0.15, 0.2) is 0 Å². The standard InChI is InChI=1S/C15H19F3N2O/c1-19-10-3-5-11(6-4-10)20(2)15(21)14-12(17)7-9(16)8-13(14)18/h7-8,10-11,19H,3-6H2,1-2H3. The van der Waals surface area contributed by atoms with E-state index < -0.39 is 28.9 Å². The monoisotopic (exact) mass is 300 g/mol. The van der Waals surface area contributed by atoms with Gasteiger partial charge in [-0.1, -0.05) is 0 Å². The number of hydrogen-bond donors (Lipinski definition) is 1. The van der Waals surface area contributed by atoms with E-state index in [1.165, 1.54) is 11.9 Å². The summed E-state index contributed by atoms with van der Waals surface area (Å²) in [6.07, 6.45) is 3.37. The minimum atomic E-state index is -1.16. The maximum Gasteiger partial charge on any atom is 0.259 e. The van der Waals surface area contributed by atoms with E-state index in [1.54, 1.807) is 0 Å². The first-order chi connectivity index (χ1) is 9.93. The summed E-state index contributed by atoms with van der Waals surface area (Å²) in [5.74, 6) is -4.09. The van der Waals surface area contributed by atoms with Crippen molar-refractivity contribution < 1.29 is 18.0 Å². The van der Waals surface area contributed by atoms with Crippen molar-refractivity contribution in [3.63, 3.8) is 0 Å². The van der Waals surface area contributed by atoms with Crippen LogP contribution in [0.3, 0.4) is 0 Å². The average molecular weight is 300 g/mol. The number of hydrogen-bond acceptors (Lipinski definition) is 2. The molecule has 1 fully saturated rings. The molecule has 1 aromatic rings. The second-order valence-corrected chi connectivity index (χ2v) is 5.45. The molecule has 1 N–H and O–H groups in total. The molecule has 0 aliphatic heterocycles. The quantitative estimate of drug-likeness (QED) is 0.931. The van der Waals surface area contributed by atoms with E-state index >= 15 is 0 Å². The van der Waals surface area contributed by atoms with Gasteiger partial charge in [0.1, 0.15) is 23.0 Å². The molecule has 2 rings (SSSR count). The number of rotatable bonds is 3. The molecule has 21 heavy (non-hydrogen) atoms. The molecule has 0 radical (unpaired) electrons. The Morgan fingerprint density at radius 3 is 2.14 bits per heavy atom. The van der Waals surface area contributed by atoms with Crippen LogP contribution in [0.15, 0.2) is 12.1 Å². The van der Waals surface area contributed by atoms with E-state index in [9.17, 15) is 18.0 Å². The van der Waals surface area contributed by atoms with E-state index in [2.05, 4.69) is 5.32 Å². The molecule has 1 amide bonds. The predicted molar refractivity (Wildman–Crippen MR) is 73.5 cm³/mol. The lowest BCUT2D eigenvalue weighted by Gasteiger charge is -2.34. The lowest BCUT2D eigenvalue weighted by molar-refractivity contribution is 0.0675. The minimum absolute atomic E-state index is 0.0500. The fraction of sp³-hybridized carbons (Fsp3) is 0.533. The second-order valence-electron chi connectivity index (χ2n) is 5.45. The molecular weight excluding hydrogens is 281 g/mol. The van der Waals surface area contributed by atoms with Crippen LogP contribution < -0.4 is 5.32 Å². The van der Waals surface area contributed by atoms with Gasteiger partial charge in [0.25, 0.3) is 5.91 Å². The van der Waals surface area contributed by atoms with Gasteiger partial charge in [-0.2, -0.15) is 0 Å². The minimum Gasteiger partial charge on any atom is -0.339 e. The molecule has 0 heterocycles. The molecular formula is C15H19F3N2O. The summed E-state index contributed by atoms with van der Waals surface area (Å²) in [7, 11) is 3.43. The van der Waals surface area contributed by atoms with Crippen LogP contribution in [0.25, 0.3) is 0 Å². The Morgan fingerprint density at radius 2 is 1.67 bits per heavy atom. The Kier molecular flexibility index (Phi) is 4.88. The van der Waals surface area contributed by atoms with Crippen molar-refractivity contribution in [3.8, 4) is 0 Å². The Labute approximate surface area is 122 Å². The van der Waals surface area contributed by atoms with Crippen LogP contribution in [0.2, 0.25) is 0 Å². The lowest BCUT2D eigenvalue weighted by atomic mass is 9.90. The van der Waals surface area contributed by atoms with Gasteiger partial charge in [-0.3, -0.25) is 4.79 Å². The van der Waals surface area contributed by atoms with Crippen molar-refractivity contribution in [2.45, 2.75) is 37.8 Å². The van der Waals surface area contributed by atoms with Crippen molar-refractivity contribution in [1.82, 2.24) is 10.2 Å². The first-order valence-electron chi connectivity index (χ1n) is 7.03. The van der Waals surface area contributed by atoms with Gasteiger partial charge in [0.2, 0.25) is 0 Å². The molecule has 6 heteroatoms. The van der Waals surface area contributed by atoms with Crippen LogP contribution in [0, 0.1) is 17.5 Å². The molecule has 0 saturated heterocycles.